The second-order valence-electron chi connectivity index (χ2n) is 7.07. The SMILES string of the molecule is CC(Oc1ccccc1)C(=O)N1CCOc2ccc(N3CCOCC3)cc2C1. The minimum Gasteiger partial charge on any atom is -0.491 e. The standard InChI is InChI=1S/C22H26N2O4/c1-17(28-20-5-3-2-4-6-20)22(25)24-11-14-27-21-8-7-19(15-18(21)16-24)23-9-12-26-13-10-23/h2-8,15,17H,9-14,16H2,1H3. The average molecular weight is 382 g/mol. The normalized spacial score (nSPS) is 17.9. The zero-order chi connectivity index (χ0) is 19.3. The third-order valence-corrected chi connectivity index (χ3v) is 5.12. The highest BCUT2D eigenvalue weighted by molar-refractivity contribution is 5.81. The second kappa shape index (κ2) is 8.52. The van der Waals surface area contributed by atoms with Gasteiger partial charge in [0.25, 0.3) is 5.91 Å². The van der Waals surface area contributed by atoms with E-state index in [-0.39, 0.29) is 5.91 Å². The van der Waals surface area contributed by atoms with Crippen LogP contribution < -0.4 is 14.4 Å². The van der Waals surface area contributed by atoms with Gasteiger partial charge in [-0.25, -0.2) is 0 Å². The van der Waals surface area contributed by atoms with Crippen LogP contribution in [0.4, 0.5) is 5.69 Å². The average Bonchev–Trinajstić information content (AvgIpc) is 2.96. The number of hydrogen-bond donors (Lipinski definition) is 0. The minimum absolute atomic E-state index is 0.0305. The van der Waals surface area contributed by atoms with E-state index in [4.69, 9.17) is 14.2 Å². The molecule has 0 saturated carbocycles. The fourth-order valence-corrected chi connectivity index (χ4v) is 3.60. The number of morpholine rings is 1. The van der Waals surface area contributed by atoms with Crippen molar-refractivity contribution in [3.05, 3.63) is 54.1 Å². The van der Waals surface area contributed by atoms with Gasteiger partial charge in [-0.15, -0.1) is 0 Å². The molecule has 2 aliphatic heterocycles. The number of hydrogen-bond acceptors (Lipinski definition) is 5. The van der Waals surface area contributed by atoms with Crippen molar-refractivity contribution in [3.63, 3.8) is 0 Å². The maximum absolute atomic E-state index is 13.0. The van der Waals surface area contributed by atoms with E-state index in [0.717, 1.165) is 43.3 Å². The first-order valence-electron chi connectivity index (χ1n) is 9.79. The molecule has 1 fully saturated rings. The largest absolute Gasteiger partial charge is 0.491 e. The summed E-state index contributed by atoms with van der Waals surface area (Å²) in [6.45, 7) is 6.59. The van der Waals surface area contributed by atoms with E-state index in [1.807, 2.05) is 41.3 Å². The van der Waals surface area contributed by atoms with Crippen LogP contribution in [0.5, 0.6) is 11.5 Å². The van der Waals surface area contributed by atoms with Crippen LogP contribution in [0.25, 0.3) is 0 Å². The van der Waals surface area contributed by atoms with Gasteiger partial charge in [0, 0.05) is 30.9 Å². The van der Waals surface area contributed by atoms with Crippen LogP contribution in [-0.4, -0.2) is 56.4 Å². The van der Waals surface area contributed by atoms with Crippen molar-refractivity contribution in [1.82, 2.24) is 4.90 Å². The van der Waals surface area contributed by atoms with Gasteiger partial charge in [0.15, 0.2) is 6.10 Å². The molecule has 4 rings (SSSR count). The zero-order valence-corrected chi connectivity index (χ0v) is 16.2. The van der Waals surface area contributed by atoms with E-state index < -0.39 is 6.10 Å². The number of carbonyl (C=O) groups is 1. The van der Waals surface area contributed by atoms with Crippen molar-refractivity contribution in [2.45, 2.75) is 19.6 Å². The molecule has 0 radical (unpaired) electrons. The number of ether oxygens (including phenoxy) is 3. The number of para-hydroxylation sites is 1. The van der Waals surface area contributed by atoms with E-state index in [2.05, 4.69) is 17.0 Å². The van der Waals surface area contributed by atoms with Crippen molar-refractivity contribution >= 4 is 11.6 Å². The molecule has 0 aromatic heterocycles. The highest BCUT2D eigenvalue weighted by Gasteiger charge is 2.26. The molecule has 1 unspecified atom stereocenters. The van der Waals surface area contributed by atoms with E-state index in [9.17, 15) is 4.79 Å². The Labute approximate surface area is 165 Å². The molecule has 1 atom stereocenters. The van der Waals surface area contributed by atoms with Crippen molar-refractivity contribution < 1.29 is 19.0 Å². The van der Waals surface area contributed by atoms with E-state index in [1.165, 1.54) is 0 Å². The molecular formula is C22H26N2O4. The predicted molar refractivity (Wildman–Crippen MR) is 107 cm³/mol. The Hall–Kier alpha value is -2.73. The van der Waals surface area contributed by atoms with Crippen LogP contribution in [-0.2, 0) is 16.1 Å². The summed E-state index contributed by atoms with van der Waals surface area (Å²) in [6, 6.07) is 15.7. The Morgan fingerprint density at radius 1 is 1.04 bits per heavy atom. The van der Waals surface area contributed by atoms with E-state index in [1.54, 1.807) is 6.92 Å². The van der Waals surface area contributed by atoms with E-state index >= 15 is 0 Å². The summed E-state index contributed by atoms with van der Waals surface area (Å²) in [5, 5.41) is 0. The van der Waals surface area contributed by atoms with Gasteiger partial charge in [-0.2, -0.15) is 0 Å². The van der Waals surface area contributed by atoms with Gasteiger partial charge >= 0.3 is 0 Å². The third kappa shape index (κ3) is 4.22. The Morgan fingerprint density at radius 2 is 1.82 bits per heavy atom. The number of fused-ring (bicyclic) bond motifs is 1. The molecule has 2 aromatic rings. The fraction of sp³-hybridized carbons (Fsp3) is 0.409. The quantitative estimate of drug-likeness (QED) is 0.814. The van der Waals surface area contributed by atoms with Gasteiger partial charge in [0.1, 0.15) is 18.1 Å². The maximum atomic E-state index is 13.0. The third-order valence-electron chi connectivity index (χ3n) is 5.12. The van der Waals surface area contributed by atoms with E-state index in [0.29, 0.717) is 25.4 Å². The molecule has 0 bridgehead atoms. The van der Waals surface area contributed by atoms with Crippen molar-refractivity contribution in [1.29, 1.82) is 0 Å². The molecular weight excluding hydrogens is 356 g/mol. The summed E-state index contributed by atoms with van der Waals surface area (Å²) >= 11 is 0. The number of rotatable bonds is 4. The summed E-state index contributed by atoms with van der Waals surface area (Å²) in [5.41, 5.74) is 2.18. The minimum atomic E-state index is -0.550. The Bertz CT molecular complexity index is 805. The predicted octanol–water partition coefficient (Wildman–Crippen LogP) is 2.71. The molecule has 28 heavy (non-hydrogen) atoms. The van der Waals surface area contributed by atoms with Gasteiger partial charge in [0.05, 0.1) is 19.8 Å². The summed E-state index contributed by atoms with van der Waals surface area (Å²) in [4.78, 5) is 17.1. The molecule has 0 N–H and O–H groups in total. The van der Waals surface area contributed by atoms with Crippen LogP contribution in [0.1, 0.15) is 12.5 Å². The number of anilines is 1. The highest BCUT2D eigenvalue weighted by Crippen LogP contribution is 2.29. The van der Waals surface area contributed by atoms with Gasteiger partial charge in [0.2, 0.25) is 0 Å². The highest BCUT2D eigenvalue weighted by atomic mass is 16.5. The van der Waals surface area contributed by atoms with Gasteiger partial charge in [-0.1, -0.05) is 18.2 Å². The topological polar surface area (TPSA) is 51.2 Å². The maximum Gasteiger partial charge on any atom is 0.263 e. The summed E-state index contributed by atoms with van der Waals surface area (Å²) in [5.74, 6) is 1.52. The van der Waals surface area contributed by atoms with Crippen LogP contribution in [0.15, 0.2) is 48.5 Å². The lowest BCUT2D eigenvalue weighted by Gasteiger charge is -2.29. The molecule has 2 heterocycles. The lowest BCUT2D eigenvalue weighted by molar-refractivity contribution is -0.138. The Balaban J connectivity index is 1.47. The molecule has 148 valence electrons. The van der Waals surface area contributed by atoms with Crippen LogP contribution in [0.2, 0.25) is 0 Å². The molecule has 6 heteroatoms. The summed E-state index contributed by atoms with van der Waals surface area (Å²) < 4.78 is 17.2. The number of amides is 1. The van der Waals surface area contributed by atoms with Crippen LogP contribution >= 0.6 is 0 Å². The first-order chi connectivity index (χ1) is 13.7. The monoisotopic (exact) mass is 382 g/mol. The molecule has 0 spiro atoms. The molecule has 6 nitrogen and oxygen atoms in total. The molecule has 2 aliphatic rings. The lowest BCUT2D eigenvalue weighted by Crippen LogP contribution is -2.41. The lowest BCUT2D eigenvalue weighted by atomic mass is 10.1. The fourth-order valence-electron chi connectivity index (χ4n) is 3.60. The Morgan fingerprint density at radius 3 is 2.61 bits per heavy atom. The first kappa shape index (κ1) is 18.6. The van der Waals surface area contributed by atoms with Crippen molar-refractivity contribution in [2.75, 3.05) is 44.4 Å². The smallest absolute Gasteiger partial charge is 0.263 e. The summed E-state index contributed by atoms with van der Waals surface area (Å²) in [7, 11) is 0. The second-order valence-corrected chi connectivity index (χ2v) is 7.07. The van der Waals surface area contributed by atoms with Gasteiger partial charge in [-0.05, 0) is 37.3 Å². The van der Waals surface area contributed by atoms with Gasteiger partial charge in [-0.3, -0.25) is 4.79 Å². The number of carbonyl (C=O) groups excluding carboxylic acids is 1. The number of nitrogens with zero attached hydrogens (tertiary/aromatic N) is 2. The molecule has 1 saturated heterocycles. The molecule has 2 aromatic carbocycles. The Kier molecular flexibility index (Phi) is 5.67. The first-order valence-corrected chi connectivity index (χ1v) is 9.79. The molecule has 0 aliphatic carbocycles. The summed E-state index contributed by atoms with van der Waals surface area (Å²) in [6.07, 6.45) is -0.550. The molecule has 1 amide bonds. The zero-order valence-electron chi connectivity index (χ0n) is 16.2. The van der Waals surface area contributed by atoms with Gasteiger partial charge < -0.3 is 24.0 Å². The number of benzene rings is 2. The van der Waals surface area contributed by atoms with Crippen molar-refractivity contribution in [3.8, 4) is 11.5 Å². The van der Waals surface area contributed by atoms with Crippen LogP contribution in [0, 0.1) is 0 Å². The van der Waals surface area contributed by atoms with Crippen LogP contribution in [0.3, 0.4) is 0 Å². The van der Waals surface area contributed by atoms with Crippen molar-refractivity contribution in [2.24, 2.45) is 0 Å².